The van der Waals surface area contributed by atoms with Crippen LogP contribution in [0.25, 0.3) is 0 Å². The van der Waals surface area contributed by atoms with Gasteiger partial charge in [-0.25, -0.2) is 0 Å². The Hall–Kier alpha value is -1.30. The van der Waals surface area contributed by atoms with Crippen molar-refractivity contribution in [2.45, 2.75) is 20.0 Å². The van der Waals surface area contributed by atoms with E-state index in [4.69, 9.17) is 10.8 Å². The second-order valence-electron chi connectivity index (χ2n) is 3.14. The van der Waals surface area contributed by atoms with Crippen molar-refractivity contribution < 1.29 is 5.11 Å². The Morgan fingerprint density at radius 3 is 2.86 bits per heavy atom. The predicted molar refractivity (Wildman–Crippen MR) is 57.7 cm³/mol. The van der Waals surface area contributed by atoms with Crippen LogP contribution in [-0.2, 0) is 6.61 Å². The van der Waals surface area contributed by atoms with Crippen LogP contribution in [-0.4, -0.2) is 11.7 Å². The van der Waals surface area contributed by atoms with Crippen LogP contribution in [0.15, 0.2) is 18.2 Å². The van der Waals surface area contributed by atoms with Gasteiger partial charge >= 0.3 is 0 Å². The van der Waals surface area contributed by atoms with E-state index in [1.54, 1.807) is 0 Å². The van der Waals surface area contributed by atoms with E-state index in [1.807, 2.05) is 25.1 Å². The van der Waals surface area contributed by atoms with Crippen LogP contribution in [0, 0.1) is 18.8 Å². The molecule has 14 heavy (non-hydrogen) atoms. The van der Waals surface area contributed by atoms with Gasteiger partial charge < -0.3 is 10.8 Å². The molecule has 0 amide bonds. The summed E-state index contributed by atoms with van der Waals surface area (Å²) in [6.45, 7) is 2.63. The molecule has 0 fully saturated rings. The standard InChI is InChI=1S/C12H15NO/c1-10-5-6-11(4-2-3-7-13)8-12(10)9-14/h5-6,8,14H,3,7,9,13H2,1H3. The Labute approximate surface area is 84.8 Å². The highest BCUT2D eigenvalue weighted by Gasteiger charge is 1.96. The number of aryl methyl sites for hydroxylation is 1. The molecule has 1 aromatic rings. The third-order valence-electron chi connectivity index (χ3n) is 2.02. The summed E-state index contributed by atoms with van der Waals surface area (Å²) in [4.78, 5) is 0. The van der Waals surface area contributed by atoms with E-state index < -0.39 is 0 Å². The molecule has 0 unspecified atom stereocenters. The van der Waals surface area contributed by atoms with Crippen molar-refractivity contribution >= 4 is 0 Å². The molecule has 3 N–H and O–H groups in total. The zero-order chi connectivity index (χ0) is 10.4. The van der Waals surface area contributed by atoms with Gasteiger partial charge in [0.05, 0.1) is 6.61 Å². The fourth-order valence-corrected chi connectivity index (χ4v) is 1.16. The van der Waals surface area contributed by atoms with E-state index in [0.29, 0.717) is 13.0 Å². The summed E-state index contributed by atoms with van der Waals surface area (Å²) in [6.07, 6.45) is 0.711. The van der Waals surface area contributed by atoms with Crippen molar-refractivity contribution in [3.05, 3.63) is 34.9 Å². The van der Waals surface area contributed by atoms with Crippen LogP contribution in [0.2, 0.25) is 0 Å². The first kappa shape index (κ1) is 10.8. The molecule has 1 rings (SSSR count). The zero-order valence-corrected chi connectivity index (χ0v) is 8.38. The van der Waals surface area contributed by atoms with Gasteiger partial charge in [-0.3, -0.25) is 0 Å². The molecule has 0 saturated heterocycles. The van der Waals surface area contributed by atoms with Gasteiger partial charge in [-0.1, -0.05) is 17.9 Å². The number of hydrogen-bond acceptors (Lipinski definition) is 2. The first-order valence-electron chi connectivity index (χ1n) is 4.67. The molecule has 0 aliphatic rings. The number of aliphatic hydroxyl groups excluding tert-OH is 1. The maximum atomic E-state index is 9.05. The summed E-state index contributed by atoms with van der Waals surface area (Å²) in [5.41, 5.74) is 8.30. The molecule has 1 aromatic carbocycles. The Kier molecular flexibility index (Phi) is 4.18. The molecular weight excluding hydrogens is 174 g/mol. The molecule has 2 nitrogen and oxygen atoms in total. The largest absolute Gasteiger partial charge is 0.392 e. The third kappa shape index (κ3) is 2.88. The summed E-state index contributed by atoms with van der Waals surface area (Å²) in [6, 6.07) is 5.84. The molecule has 0 bridgehead atoms. The van der Waals surface area contributed by atoms with Crippen molar-refractivity contribution in [2.24, 2.45) is 5.73 Å². The van der Waals surface area contributed by atoms with Gasteiger partial charge in [0.15, 0.2) is 0 Å². The highest BCUT2D eigenvalue weighted by Crippen LogP contribution is 2.10. The molecule has 2 heteroatoms. The summed E-state index contributed by atoms with van der Waals surface area (Å²) in [5, 5.41) is 9.05. The number of benzene rings is 1. The minimum absolute atomic E-state index is 0.0677. The molecule has 0 radical (unpaired) electrons. The number of aliphatic hydroxyl groups is 1. The lowest BCUT2D eigenvalue weighted by Gasteiger charge is -2.01. The van der Waals surface area contributed by atoms with Gasteiger partial charge in [-0.2, -0.15) is 0 Å². The monoisotopic (exact) mass is 189 g/mol. The van der Waals surface area contributed by atoms with E-state index in [0.717, 1.165) is 16.7 Å². The van der Waals surface area contributed by atoms with Crippen molar-refractivity contribution in [1.29, 1.82) is 0 Å². The summed E-state index contributed by atoms with van der Waals surface area (Å²) >= 11 is 0. The smallest absolute Gasteiger partial charge is 0.0684 e. The lowest BCUT2D eigenvalue weighted by atomic mass is 10.1. The van der Waals surface area contributed by atoms with Crippen LogP contribution in [0.4, 0.5) is 0 Å². The predicted octanol–water partition coefficient (Wildman–Crippen LogP) is 1.19. The second kappa shape index (κ2) is 5.43. The van der Waals surface area contributed by atoms with Crippen LogP contribution >= 0.6 is 0 Å². The summed E-state index contributed by atoms with van der Waals surface area (Å²) in [7, 11) is 0. The maximum Gasteiger partial charge on any atom is 0.0684 e. The van der Waals surface area contributed by atoms with E-state index in [2.05, 4.69) is 11.8 Å². The average Bonchev–Trinajstić information content (AvgIpc) is 2.21. The zero-order valence-electron chi connectivity index (χ0n) is 8.38. The molecule has 0 aliphatic heterocycles. The number of rotatable bonds is 2. The van der Waals surface area contributed by atoms with Crippen molar-refractivity contribution in [3.8, 4) is 11.8 Å². The Morgan fingerprint density at radius 2 is 2.21 bits per heavy atom. The maximum absolute atomic E-state index is 9.05. The second-order valence-corrected chi connectivity index (χ2v) is 3.14. The SMILES string of the molecule is Cc1ccc(C#CCCN)cc1CO. The van der Waals surface area contributed by atoms with Crippen molar-refractivity contribution in [3.63, 3.8) is 0 Å². The lowest BCUT2D eigenvalue weighted by Crippen LogP contribution is -1.95. The Bertz CT molecular complexity index is 360. The molecule has 0 aliphatic carbocycles. The normalized spacial score (nSPS) is 9.36. The highest BCUT2D eigenvalue weighted by molar-refractivity contribution is 5.40. The topological polar surface area (TPSA) is 46.2 Å². The van der Waals surface area contributed by atoms with Gasteiger partial charge in [-0.05, 0) is 30.2 Å². The van der Waals surface area contributed by atoms with Gasteiger partial charge in [0.1, 0.15) is 0 Å². The van der Waals surface area contributed by atoms with Crippen LogP contribution < -0.4 is 5.73 Å². The van der Waals surface area contributed by atoms with Crippen molar-refractivity contribution in [1.82, 2.24) is 0 Å². The van der Waals surface area contributed by atoms with Gasteiger partial charge in [0.25, 0.3) is 0 Å². The molecule has 0 saturated carbocycles. The van der Waals surface area contributed by atoms with E-state index in [-0.39, 0.29) is 6.61 Å². The Morgan fingerprint density at radius 1 is 1.43 bits per heavy atom. The minimum atomic E-state index is 0.0677. The van der Waals surface area contributed by atoms with E-state index >= 15 is 0 Å². The summed E-state index contributed by atoms with van der Waals surface area (Å²) < 4.78 is 0. The molecular formula is C12H15NO. The average molecular weight is 189 g/mol. The third-order valence-corrected chi connectivity index (χ3v) is 2.02. The van der Waals surface area contributed by atoms with Gasteiger partial charge in [-0.15, -0.1) is 0 Å². The van der Waals surface area contributed by atoms with Crippen LogP contribution in [0.1, 0.15) is 23.1 Å². The van der Waals surface area contributed by atoms with Crippen molar-refractivity contribution in [2.75, 3.05) is 6.54 Å². The number of hydrogen-bond donors (Lipinski definition) is 2. The van der Waals surface area contributed by atoms with E-state index in [1.165, 1.54) is 0 Å². The molecule has 0 spiro atoms. The molecule has 0 heterocycles. The molecule has 74 valence electrons. The highest BCUT2D eigenvalue weighted by atomic mass is 16.3. The summed E-state index contributed by atoms with van der Waals surface area (Å²) in [5.74, 6) is 5.97. The lowest BCUT2D eigenvalue weighted by molar-refractivity contribution is 0.281. The fraction of sp³-hybridized carbons (Fsp3) is 0.333. The molecule has 0 aromatic heterocycles. The first-order chi connectivity index (χ1) is 6.77. The van der Waals surface area contributed by atoms with Crippen LogP contribution in [0.3, 0.4) is 0 Å². The number of nitrogens with two attached hydrogens (primary N) is 1. The van der Waals surface area contributed by atoms with Gasteiger partial charge in [0, 0.05) is 18.5 Å². The van der Waals surface area contributed by atoms with Gasteiger partial charge in [0.2, 0.25) is 0 Å². The van der Waals surface area contributed by atoms with Crippen LogP contribution in [0.5, 0.6) is 0 Å². The Balaban J connectivity index is 2.86. The quantitative estimate of drug-likeness (QED) is 0.686. The minimum Gasteiger partial charge on any atom is -0.392 e. The first-order valence-corrected chi connectivity index (χ1v) is 4.67. The fourth-order valence-electron chi connectivity index (χ4n) is 1.16. The van der Waals surface area contributed by atoms with E-state index in [9.17, 15) is 0 Å². The molecule has 0 atom stereocenters.